The molecule has 6 heteroatoms. The summed E-state index contributed by atoms with van der Waals surface area (Å²) in [5.41, 5.74) is 1.09. The van der Waals surface area contributed by atoms with E-state index in [2.05, 4.69) is 26.6 Å². The minimum absolute atomic E-state index is 0.170. The number of hydrogen-bond donors (Lipinski definition) is 2. The van der Waals surface area contributed by atoms with E-state index in [0.29, 0.717) is 31.0 Å². The number of anilines is 1. The molecule has 2 unspecified atom stereocenters. The third-order valence-electron chi connectivity index (χ3n) is 5.70. The zero-order valence-electron chi connectivity index (χ0n) is 14.7. The second-order valence-corrected chi connectivity index (χ2v) is 7.54. The Morgan fingerprint density at radius 3 is 2.80 bits per heavy atom. The molecule has 1 aromatic heterocycles. The van der Waals surface area contributed by atoms with Crippen molar-refractivity contribution in [2.75, 3.05) is 31.2 Å². The molecule has 6 nitrogen and oxygen atoms in total. The quantitative estimate of drug-likeness (QED) is 0.846. The van der Waals surface area contributed by atoms with Gasteiger partial charge >= 0.3 is 0 Å². The number of carbonyl (C=O) groups excluding carboxylic acids is 1. The lowest BCUT2D eigenvalue weighted by Crippen LogP contribution is -2.40. The molecule has 0 saturated carbocycles. The van der Waals surface area contributed by atoms with Crippen molar-refractivity contribution in [1.29, 1.82) is 0 Å². The second-order valence-electron chi connectivity index (χ2n) is 7.54. The first-order valence-corrected chi connectivity index (χ1v) is 9.57. The molecule has 1 aromatic rings. The molecular weight excluding hydrogens is 316 g/mol. The lowest BCUT2D eigenvalue weighted by Gasteiger charge is -2.30. The molecular formula is C19H28N4O2. The fourth-order valence-corrected chi connectivity index (χ4v) is 4.50. The summed E-state index contributed by atoms with van der Waals surface area (Å²) < 4.78 is 5.42. The Hall–Kier alpha value is -1.66. The van der Waals surface area contributed by atoms with Gasteiger partial charge in [0.05, 0.1) is 13.2 Å². The lowest BCUT2D eigenvalue weighted by molar-refractivity contribution is -0.122. The number of hydrogen-bond acceptors (Lipinski definition) is 5. The third kappa shape index (κ3) is 4.12. The highest BCUT2D eigenvalue weighted by Gasteiger charge is 2.34. The number of fused-ring (bicyclic) bond motifs is 2. The van der Waals surface area contributed by atoms with Gasteiger partial charge in [0, 0.05) is 49.9 Å². The summed E-state index contributed by atoms with van der Waals surface area (Å²) in [5, 5.41) is 6.76. The smallest absolute Gasteiger partial charge is 0.220 e. The van der Waals surface area contributed by atoms with Crippen molar-refractivity contribution < 1.29 is 9.53 Å². The number of nitrogens with one attached hydrogen (secondary N) is 2. The summed E-state index contributed by atoms with van der Waals surface area (Å²) in [6.07, 6.45) is 7.33. The molecule has 0 spiro atoms. The minimum atomic E-state index is 0.170. The molecule has 4 rings (SSSR count). The van der Waals surface area contributed by atoms with Crippen LogP contribution in [0.3, 0.4) is 0 Å². The molecule has 25 heavy (non-hydrogen) atoms. The van der Waals surface area contributed by atoms with Crippen molar-refractivity contribution in [1.82, 2.24) is 15.6 Å². The molecule has 2 N–H and O–H groups in total. The molecule has 2 bridgehead atoms. The fourth-order valence-electron chi connectivity index (χ4n) is 4.50. The number of amides is 1. The monoisotopic (exact) mass is 344 g/mol. The van der Waals surface area contributed by atoms with Crippen LogP contribution in [0.2, 0.25) is 0 Å². The average Bonchev–Trinajstić information content (AvgIpc) is 2.99. The van der Waals surface area contributed by atoms with Crippen LogP contribution in [0.25, 0.3) is 0 Å². The molecule has 0 aliphatic carbocycles. The minimum Gasteiger partial charge on any atom is -0.378 e. The largest absolute Gasteiger partial charge is 0.378 e. The number of morpholine rings is 1. The summed E-state index contributed by atoms with van der Waals surface area (Å²) in [4.78, 5) is 19.2. The molecule has 1 amide bonds. The summed E-state index contributed by atoms with van der Waals surface area (Å²) in [6.45, 7) is 3.74. The van der Waals surface area contributed by atoms with Gasteiger partial charge in [0.2, 0.25) is 5.91 Å². The average molecular weight is 344 g/mol. The topological polar surface area (TPSA) is 66.5 Å². The van der Waals surface area contributed by atoms with E-state index in [1.807, 2.05) is 12.3 Å². The molecule has 4 heterocycles. The third-order valence-corrected chi connectivity index (χ3v) is 5.70. The van der Waals surface area contributed by atoms with Crippen molar-refractivity contribution in [2.24, 2.45) is 5.92 Å². The van der Waals surface area contributed by atoms with Gasteiger partial charge in [0.25, 0.3) is 0 Å². The maximum atomic E-state index is 12.4. The van der Waals surface area contributed by atoms with Crippen LogP contribution in [0, 0.1) is 5.92 Å². The zero-order chi connectivity index (χ0) is 17.1. The lowest BCUT2D eigenvalue weighted by atomic mass is 9.89. The van der Waals surface area contributed by atoms with Crippen molar-refractivity contribution >= 4 is 11.7 Å². The van der Waals surface area contributed by atoms with Gasteiger partial charge in [-0.15, -0.1) is 0 Å². The van der Waals surface area contributed by atoms with E-state index in [9.17, 15) is 4.79 Å². The van der Waals surface area contributed by atoms with Gasteiger partial charge < -0.3 is 20.3 Å². The van der Waals surface area contributed by atoms with Crippen molar-refractivity contribution in [2.45, 2.75) is 50.7 Å². The fraction of sp³-hybridized carbons (Fsp3) is 0.684. The van der Waals surface area contributed by atoms with Gasteiger partial charge in [-0.2, -0.15) is 0 Å². The molecule has 3 saturated heterocycles. The Morgan fingerprint density at radius 1 is 1.28 bits per heavy atom. The predicted octanol–water partition coefficient (Wildman–Crippen LogP) is 1.46. The second kappa shape index (κ2) is 7.70. The molecule has 3 aliphatic rings. The van der Waals surface area contributed by atoms with E-state index < -0.39 is 0 Å². The Bertz CT molecular complexity index is 591. The molecule has 3 aliphatic heterocycles. The van der Waals surface area contributed by atoms with Crippen molar-refractivity contribution in [3.05, 3.63) is 23.9 Å². The van der Waals surface area contributed by atoms with Crippen LogP contribution in [-0.2, 0) is 16.1 Å². The molecule has 0 radical (unpaired) electrons. The molecule has 2 atom stereocenters. The summed E-state index contributed by atoms with van der Waals surface area (Å²) in [7, 11) is 0. The number of ether oxygens (including phenoxy) is 1. The highest BCUT2D eigenvalue weighted by molar-refractivity contribution is 5.76. The number of rotatable bonds is 5. The van der Waals surface area contributed by atoms with E-state index in [0.717, 1.165) is 50.5 Å². The molecule has 0 aromatic carbocycles. The number of piperidine rings is 1. The van der Waals surface area contributed by atoms with Gasteiger partial charge in [0.1, 0.15) is 5.82 Å². The summed E-state index contributed by atoms with van der Waals surface area (Å²) in [6, 6.07) is 5.28. The predicted molar refractivity (Wildman–Crippen MR) is 96.4 cm³/mol. The van der Waals surface area contributed by atoms with Crippen molar-refractivity contribution in [3.8, 4) is 0 Å². The van der Waals surface area contributed by atoms with Crippen LogP contribution in [0.1, 0.15) is 37.7 Å². The maximum Gasteiger partial charge on any atom is 0.220 e. The van der Waals surface area contributed by atoms with Crippen LogP contribution >= 0.6 is 0 Å². The number of pyridine rings is 1. The van der Waals surface area contributed by atoms with Gasteiger partial charge in [0.15, 0.2) is 0 Å². The summed E-state index contributed by atoms with van der Waals surface area (Å²) in [5.74, 6) is 1.68. The Balaban J connectivity index is 1.31. The first kappa shape index (κ1) is 16.8. The van der Waals surface area contributed by atoms with E-state index in [1.54, 1.807) is 0 Å². The number of nitrogens with zero attached hydrogens (tertiary/aromatic N) is 2. The van der Waals surface area contributed by atoms with Crippen LogP contribution in [0.5, 0.6) is 0 Å². The molecule has 3 fully saturated rings. The van der Waals surface area contributed by atoms with E-state index in [4.69, 9.17) is 4.74 Å². The maximum absolute atomic E-state index is 12.4. The Morgan fingerprint density at radius 2 is 2.04 bits per heavy atom. The van der Waals surface area contributed by atoms with Crippen molar-refractivity contribution in [3.63, 3.8) is 0 Å². The highest BCUT2D eigenvalue weighted by Crippen LogP contribution is 2.32. The van der Waals surface area contributed by atoms with Crippen LogP contribution in [0.15, 0.2) is 18.3 Å². The van der Waals surface area contributed by atoms with Gasteiger partial charge in [-0.05, 0) is 37.7 Å². The first-order valence-electron chi connectivity index (χ1n) is 9.57. The zero-order valence-corrected chi connectivity index (χ0v) is 14.7. The van der Waals surface area contributed by atoms with Crippen LogP contribution in [0.4, 0.5) is 5.82 Å². The number of carbonyl (C=O) groups is 1. The van der Waals surface area contributed by atoms with Gasteiger partial charge in [-0.3, -0.25) is 4.79 Å². The van der Waals surface area contributed by atoms with Gasteiger partial charge in [-0.25, -0.2) is 4.98 Å². The highest BCUT2D eigenvalue weighted by atomic mass is 16.5. The molecule has 136 valence electrons. The number of aromatic nitrogens is 1. The van der Waals surface area contributed by atoms with Gasteiger partial charge in [-0.1, -0.05) is 6.07 Å². The standard InChI is InChI=1S/C19H28N4O2/c24-18(12-14-10-16-3-4-17(11-14)22-16)21-13-15-2-1-5-20-19(15)23-6-8-25-9-7-23/h1-2,5,14,16-17,22H,3-4,6-13H2,(H,21,24). The van der Waals surface area contributed by atoms with Crippen LogP contribution in [-0.4, -0.2) is 49.3 Å². The SMILES string of the molecule is O=C(CC1CC2CCC(C1)N2)NCc1cccnc1N1CCOCC1. The Labute approximate surface area is 149 Å². The normalized spacial score (nSPS) is 28.8. The van der Waals surface area contributed by atoms with E-state index in [1.165, 1.54) is 12.8 Å². The van der Waals surface area contributed by atoms with E-state index in [-0.39, 0.29) is 5.91 Å². The van der Waals surface area contributed by atoms with Crippen LogP contribution < -0.4 is 15.5 Å². The first-order chi connectivity index (χ1) is 12.3. The summed E-state index contributed by atoms with van der Waals surface area (Å²) >= 11 is 0. The van der Waals surface area contributed by atoms with E-state index >= 15 is 0 Å². The Kier molecular flexibility index (Phi) is 5.17.